The van der Waals surface area contributed by atoms with Crippen LogP contribution in [0.5, 0.6) is 11.5 Å². The van der Waals surface area contributed by atoms with E-state index in [2.05, 4.69) is 0 Å². The predicted octanol–water partition coefficient (Wildman–Crippen LogP) is 0.119. The molecule has 0 atom stereocenters. The molecule has 0 saturated carbocycles. The van der Waals surface area contributed by atoms with Crippen LogP contribution in [0.3, 0.4) is 0 Å². The zero-order chi connectivity index (χ0) is 15.4. The van der Waals surface area contributed by atoms with Crippen LogP contribution in [0.1, 0.15) is 24.0 Å². The maximum atomic E-state index is 12.0. The van der Waals surface area contributed by atoms with E-state index in [4.69, 9.17) is 9.47 Å². The fourth-order valence-corrected chi connectivity index (χ4v) is 2.46. The summed E-state index contributed by atoms with van der Waals surface area (Å²) in [4.78, 5) is 24.1. The molecule has 0 spiro atoms. The molecule has 1 heterocycles. The summed E-state index contributed by atoms with van der Waals surface area (Å²) in [5, 5.41) is 10.4. The van der Waals surface area contributed by atoms with E-state index in [0.717, 1.165) is 11.1 Å². The Hall–Kier alpha value is -2.24. The van der Waals surface area contributed by atoms with E-state index in [-0.39, 0.29) is 18.7 Å². The fraction of sp³-hybridized carbons (Fsp3) is 0.467. The third kappa shape index (κ3) is 3.45. The number of benzene rings is 1. The second-order valence-corrected chi connectivity index (χ2v) is 4.91. The quantitative estimate of drug-likeness (QED) is 0.770. The maximum Gasteiger partial charge on any atom is 0.223 e. The van der Waals surface area contributed by atoms with Gasteiger partial charge < -0.3 is 24.3 Å². The van der Waals surface area contributed by atoms with E-state index in [0.29, 0.717) is 31.0 Å². The molecule has 0 saturated heterocycles. The van der Waals surface area contributed by atoms with Crippen molar-refractivity contribution in [2.45, 2.75) is 25.8 Å². The molecule has 2 rings (SSSR count). The Balaban J connectivity index is 2.12. The number of methoxy groups -OCH3 is 2. The summed E-state index contributed by atoms with van der Waals surface area (Å²) in [5.74, 6) is -0.0694. The van der Waals surface area contributed by atoms with Gasteiger partial charge in [-0.15, -0.1) is 0 Å². The van der Waals surface area contributed by atoms with Gasteiger partial charge in [-0.05, 0) is 36.1 Å². The van der Waals surface area contributed by atoms with Crippen LogP contribution in [0.15, 0.2) is 12.1 Å². The summed E-state index contributed by atoms with van der Waals surface area (Å²) in [7, 11) is 3.15. The zero-order valence-electron chi connectivity index (χ0n) is 12.2. The largest absolute Gasteiger partial charge is 0.550 e. The van der Waals surface area contributed by atoms with Crippen molar-refractivity contribution >= 4 is 11.9 Å². The Morgan fingerprint density at radius 1 is 1.14 bits per heavy atom. The highest BCUT2D eigenvalue weighted by atomic mass is 16.5. The molecule has 6 heteroatoms. The molecule has 114 valence electrons. The van der Waals surface area contributed by atoms with E-state index in [9.17, 15) is 14.7 Å². The first-order valence-corrected chi connectivity index (χ1v) is 6.76. The predicted molar refractivity (Wildman–Crippen MR) is 72.9 cm³/mol. The highest BCUT2D eigenvalue weighted by Gasteiger charge is 2.22. The lowest BCUT2D eigenvalue weighted by Crippen LogP contribution is -2.36. The minimum Gasteiger partial charge on any atom is -0.550 e. The smallest absolute Gasteiger partial charge is 0.223 e. The van der Waals surface area contributed by atoms with Gasteiger partial charge in [0.15, 0.2) is 11.5 Å². The van der Waals surface area contributed by atoms with Crippen molar-refractivity contribution in [2.24, 2.45) is 0 Å². The van der Waals surface area contributed by atoms with Gasteiger partial charge in [-0.1, -0.05) is 0 Å². The Labute approximate surface area is 123 Å². The number of hydrogen-bond donors (Lipinski definition) is 0. The van der Waals surface area contributed by atoms with E-state index in [1.54, 1.807) is 19.1 Å². The van der Waals surface area contributed by atoms with Crippen molar-refractivity contribution in [3.63, 3.8) is 0 Å². The van der Waals surface area contributed by atoms with Crippen molar-refractivity contribution in [3.8, 4) is 11.5 Å². The SMILES string of the molecule is COc1cc2c(cc1OC)CN(C(=O)CCC(=O)[O-])CC2. The summed E-state index contributed by atoms with van der Waals surface area (Å²) in [6.45, 7) is 1.04. The third-order valence-electron chi connectivity index (χ3n) is 3.61. The number of amides is 1. The number of carbonyl (C=O) groups is 2. The van der Waals surface area contributed by atoms with Gasteiger partial charge in [-0.25, -0.2) is 0 Å². The Kier molecular flexibility index (Phi) is 4.67. The molecule has 0 fully saturated rings. The van der Waals surface area contributed by atoms with Gasteiger partial charge in [-0.3, -0.25) is 4.79 Å². The number of carboxylic acid groups (broad SMARTS) is 1. The zero-order valence-corrected chi connectivity index (χ0v) is 12.2. The van der Waals surface area contributed by atoms with Gasteiger partial charge >= 0.3 is 0 Å². The van der Waals surface area contributed by atoms with Crippen LogP contribution in [-0.4, -0.2) is 37.5 Å². The van der Waals surface area contributed by atoms with Crippen molar-refractivity contribution in [1.82, 2.24) is 4.90 Å². The van der Waals surface area contributed by atoms with E-state index in [1.165, 1.54) is 0 Å². The first kappa shape index (κ1) is 15.2. The number of hydrogen-bond acceptors (Lipinski definition) is 5. The first-order valence-electron chi connectivity index (χ1n) is 6.76. The van der Waals surface area contributed by atoms with Crippen LogP contribution in [0.25, 0.3) is 0 Å². The Bertz CT molecular complexity index is 555. The van der Waals surface area contributed by atoms with Crippen LogP contribution < -0.4 is 14.6 Å². The highest BCUT2D eigenvalue weighted by molar-refractivity contribution is 5.80. The molecule has 1 aliphatic heterocycles. The molecule has 1 amide bonds. The molecule has 0 bridgehead atoms. The molecule has 0 radical (unpaired) electrons. The van der Waals surface area contributed by atoms with E-state index >= 15 is 0 Å². The van der Waals surface area contributed by atoms with E-state index < -0.39 is 5.97 Å². The van der Waals surface area contributed by atoms with Crippen molar-refractivity contribution < 1.29 is 24.2 Å². The summed E-state index contributed by atoms with van der Waals surface area (Å²) in [6, 6.07) is 3.80. The lowest BCUT2D eigenvalue weighted by atomic mass is 9.98. The molecule has 1 aromatic carbocycles. The highest BCUT2D eigenvalue weighted by Crippen LogP contribution is 2.33. The summed E-state index contributed by atoms with van der Waals surface area (Å²) in [5.41, 5.74) is 2.12. The van der Waals surface area contributed by atoms with Gasteiger partial charge in [-0.2, -0.15) is 0 Å². The molecule has 0 aliphatic carbocycles. The topological polar surface area (TPSA) is 78.9 Å². The van der Waals surface area contributed by atoms with Crippen LogP contribution in [0.2, 0.25) is 0 Å². The van der Waals surface area contributed by atoms with Crippen molar-refractivity contribution in [2.75, 3.05) is 20.8 Å². The van der Waals surface area contributed by atoms with Crippen LogP contribution >= 0.6 is 0 Å². The summed E-state index contributed by atoms with van der Waals surface area (Å²) < 4.78 is 10.5. The number of aliphatic carboxylic acids is 1. The third-order valence-corrected chi connectivity index (χ3v) is 3.61. The second-order valence-electron chi connectivity index (χ2n) is 4.91. The van der Waals surface area contributed by atoms with Gasteiger partial charge in [0.2, 0.25) is 5.91 Å². The number of nitrogens with zero attached hydrogens (tertiary/aromatic N) is 1. The van der Waals surface area contributed by atoms with Gasteiger partial charge in [0.05, 0.1) is 14.2 Å². The van der Waals surface area contributed by atoms with Gasteiger partial charge in [0.25, 0.3) is 0 Å². The van der Waals surface area contributed by atoms with Crippen LogP contribution in [0.4, 0.5) is 0 Å². The molecule has 0 N–H and O–H groups in total. The minimum absolute atomic E-state index is 0.0229. The lowest BCUT2D eigenvalue weighted by Gasteiger charge is -2.29. The number of carboxylic acids is 1. The van der Waals surface area contributed by atoms with Crippen molar-refractivity contribution in [3.05, 3.63) is 23.3 Å². The molecule has 21 heavy (non-hydrogen) atoms. The lowest BCUT2D eigenvalue weighted by molar-refractivity contribution is -0.305. The second kappa shape index (κ2) is 6.47. The molecule has 0 unspecified atom stereocenters. The fourth-order valence-electron chi connectivity index (χ4n) is 2.46. The number of carbonyl (C=O) groups excluding carboxylic acids is 2. The van der Waals surface area contributed by atoms with Crippen LogP contribution in [0, 0.1) is 0 Å². The molecular formula is C15H18NO5-. The first-order chi connectivity index (χ1) is 10.0. The van der Waals surface area contributed by atoms with Crippen molar-refractivity contribution in [1.29, 1.82) is 0 Å². The normalized spacial score (nSPS) is 13.5. The molecule has 1 aliphatic rings. The minimum atomic E-state index is -1.20. The Morgan fingerprint density at radius 2 is 1.76 bits per heavy atom. The van der Waals surface area contributed by atoms with Gasteiger partial charge in [0, 0.05) is 25.5 Å². The van der Waals surface area contributed by atoms with E-state index in [1.807, 2.05) is 12.1 Å². The standard InChI is InChI=1S/C15H19NO5/c1-20-12-7-10-5-6-16(14(17)3-4-15(18)19)9-11(10)8-13(12)21-2/h7-8H,3-6,9H2,1-2H3,(H,18,19)/p-1. The number of fused-ring (bicyclic) bond motifs is 1. The number of rotatable bonds is 5. The number of ether oxygens (including phenoxy) is 2. The van der Waals surface area contributed by atoms with Crippen LogP contribution in [-0.2, 0) is 22.6 Å². The average Bonchev–Trinajstić information content (AvgIpc) is 2.50. The maximum absolute atomic E-state index is 12.0. The molecule has 6 nitrogen and oxygen atoms in total. The molecule has 1 aromatic rings. The molecule has 0 aromatic heterocycles. The van der Waals surface area contributed by atoms with Gasteiger partial charge in [0.1, 0.15) is 0 Å². The average molecular weight is 292 g/mol. The Morgan fingerprint density at radius 3 is 2.33 bits per heavy atom. The monoisotopic (exact) mass is 292 g/mol. The summed E-state index contributed by atoms with van der Waals surface area (Å²) >= 11 is 0. The summed E-state index contributed by atoms with van der Waals surface area (Å²) in [6.07, 6.45) is 0.450. The molecular weight excluding hydrogens is 274 g/mol.